The van der Waals surface area contributed by atoms with Crippen molar-refractivity contribution in [2.24, 2.45) is 0 Å². The van der Waals surface area contributed by atoms with Crippen LogP contribution in [0.15, 0.2) is 30.5 Å². The van der Waals surface area contributed by atoms with Gasteiger partial charge in [-0.3, -0.25) is 10.1 Å². The molecule has 2 aromatic rings. The van der Waals surface area contributed by atoms with E-state index in [1.165, 1.54) is 26.1 Å². The van der Waals surface area contributed by atoms with Gasteiger partial charge in [0.1, 0.15) is 0 Å². The second-order valence-electron chi connectivity index (χ2n) is 4.50. The number of benzene rings is 1. The number of aryl methyl sites for hydroxylation is 1. The van der Waals surface area contributed by atoms with E-state index in [1.54, 1.807) is 12.1 Å². The monoisotopic (exact) mass is 292 g/mol. The van der Waals surface area contributed by atoms with Crippen LogP contribution in [0.5, 0.6) is 11.6 Å². The van der Waals surface area contributed by atoms with E-state index >= 15 is 0 Å². The van der Waals surface area contributed by atoms with Gasteiger partial charge in [0.05, 0.1) is 17.1 Å². The van der Waals surface area contributed by atoms with Crippen molar-refractivity contribution in [1.29, 1.82) is 0 Å². The van der Waals surface area contributed by atoms with Crippen molar-refractivity contribution >= 4 is 5.69 Å². The summed E-state index contributed by atoms with van der Waals surface area (Å²) in [7, 11) is 0. The van der Waals surface area contributed by atoms with Crippen LogP contribution in [0.25, 0.3) is 0 Å². The van der Waals surface area contributed by atoms with Gasteiger partial charge in [0.2, 0.25) is 5.88 Å². The van der Waals surface area contributed by atoms with Crippen molar-refractivity contribution in [2.75, 3.05) is 0 Å². The van der Waals surface area contributed by atoms with E-state index in [9.17, 15) is 19.6 Å². The molecule has 1 unspecified atom stereocenters. The van der Waals surface area contributed by atoms with Crippen LogP contribution in [0.1, 0.15) is 24.2 Å². The third kappa shape index (κ3) is 3.14. The van der Waals surface area contributed by atoms with E-state index in [2.05, 4.69) is 4.98 Å². The predicted octanol–water partition coefficient (Wildman–Crippen LogP) is 3.28. The van der Waals surface area contributed by atoms with Gasteiger partial charge in [-0.05, 0) is 32.0 Å². The molecule has 0 saturated carbocycles. The Labute approximate surface area is 120 Å². The first-order valence-electron chi connectivity index (χ1n) is 6.15. The van der Waals surface area contributed by atoms with Gasteiger partial charge in [0.15, 0.2) is 11.6 Å². The Morgan fingerprint density at radius 3 is 2.81 bits per heavy atom. The molecule has 2 rings (SSSR count). The second-order valence-corrected chi connectivity index (χ2v) is 4.50. The lowest BCUT2D eigenvalue weighted by atomic mass is 10.1. The molecule has 0 spiro atoms. The largest absolute Gasteiger partial charge is 0.436 e. The maximum absolute atomic E-state index is 13.9. The number of pyridine rings is 1. The van der Waals surface area contributed by atoms with E-state index in [0.717, 1.165) is 6.07 Å². The number of halogens is 1. The summed E-state index contributed by atoms with van der Waals surface area (Å²) >= 11 is 0. The van der Waals surface area contributed by atoms with Crippen LogP contribution in [0.3, 0.4) is 0 Å². The molecule has 6 nitrogen and oxygen atoms in total. The van der Waals surface area contributed by atoms with Gasteiger partial charge in [-0.1, -0.05) is 0 Å². The van der Waals surface area contributed by atoms with Crippen molar-refractivity contribution < 1.29 is 19.2 Å². The van der Waals surface area contributed by atoms with Crippen LogP contribution in [0.4, 0.5) is 10.1 Å². The van der Waals surface area contributed by atoms with Gasteiger partial charge >= 0.3 is 0 Å². The lowest BCUT2D eigenvalue weighted by Crippen LogP contribution is -2.00. The number of aliphatic hydroxyl groups excluding tert-OH is 1. The Hall–Kier alpha value is -2.54. The topological polar surface area (TPSA) is 85.5 Å². The molecule has 1 aromatic carbocycles. The van der Waals surface area contributed by atoms with Crippen LogP contribution in [-0.2, 0) is 0 Å². The van der Waals surface area contributed by atoms with Crippen molar-refractivity contribution in [3.8, 4) is 11.6 Å². The standard InChI is InChI=1S/C14H13FN2O4/c1-8-6-13(11(15)7-12(8)17(19)20)21-14-10(9(2)18)4-3-5-16-14/h3-7,9,18H,1-2H3. The van der Waals surface area contributed by atoms with Gasteiger partial charge in [0.25, 0.3) is 5.69 Å². The summed E-state index contributed by atoms with van der Waals surface area (Å²) in [6.07, 6.45) is 0.605. The Balaban J connectivity index is 2.41. The van der Waals surface area contributed by atoms with Crippen molar-refractivity contribution in [3.63, 3.8) is 0 Å². The van der Waals surface area contributed by atoms with Crippen molar-refractivity contribution in [3.05, 3.63) is 57.5 Å². The second kappa shape index (κ2) is 5.84. The van der Waals surface area contributed by atoms with Crippen molar-refractivity contribution in [2.45, 2.75) is 20.0 Å². The minimum absolute atomic E-state index is 0.0552. The maximum atomic E-state index is 13.9. The summed E-state index contributed by atoms with van der Waals surface area (Å²) in [6, 6.07) is 5.25. The molecule has 0 aliphatic rings. The highest BCUT2D eigenvalue weighted by atomic mass is 19.1. The van der Waals surface area contributed by atoms with Gasteiger partial charge in [-0.25, -0.2) is 9.37 Å². The minimum Gasteiger partial charge on any atom is -0.436 e. The highest BCUT2D eigenvalue weighted by molar-refractivity contribution is 5.46. The van der Waals surface area contributed by atoms with Gasteiger partial charge < -0.3 is 9.84 Å². The highest BCUT2D eigenvalue weighted by Crippen LogP contribution is 2.32. The molecule has 110 valence electrons. The van der Waals surface area contributed by atoms with Gasteiger partial charge in [-0.2, -0.15) is 0 Å². The molecule has 0 aliphatic heterocycles. The molecule has 1 N–H and O–H groups in total. The Kier molecular flexibility index (Phi) is 4.13. The molecule has 1 atom stereocenters. The molecule has 0 aliphatic carbocycles. The van der Waals surface area contributed by atoms with Crippen LogP contribution in [0.2, 0.25) is 0 Å². The highest BCUT2D eigenvalue weighted by Gasteiger charge is 2.18. The first-order chi connectivity index (χ1) is 9.90. The number of rotatable bonds is 4. The molecule has 1 aromatic heterocycles. The minimum atomic E-state index is -0.866. The summed E-state index contributed by atoms with van der Waals surface area (Å²) in [5, 5.41) is 20.4. The molecule has 0 amide bonds. The van der Waals surface area contributed by atoms with Crippen LogP contribution in [-0.4, -0.2) is 15.0 Å². The zero-order valence-electron chi connectivity index (χ0n) is 11.4. The van der Waals surface area contributed by atoms with Gasteiger partial charge in [0, 0.05) is 17.3 Å². The Morgan fingerprint density at radius 1 is 1.48 bits per heavy atom. The fourth-order valence-corrected chi connectivity index (χ4v) is 1.83. The number of nitro groups is 1. The molecule has 7 heteroatoms. The average molecular weight is 292 g/mol. The molecule has 0 radical (unpaired) electrons. The number of hydrogen-bond acceptors (Lipinski definition) is 5. The lowest BCUT2D eigenvalue weighted by molar-refractivity contribution is -0.385. The predicted molar refractivity (Wildman–Crippen MR) is 72.7 cm³/mol. The SMILES string of the molecule is Cc1cc(Oc2ncccc2C(C)O)c(F)cc1[N+](=O)[O-]. The van der Waals surface area contributed by atoms with E-state index in [0.29, 0.717) is 5.56 Å². The lowest BCUT2D eigenvalue weighted by Gasteiger charge is -2.12. The first-order valence-corrected chi connectivity index (χ1v) is 6.15. The van der Waals surface area contributed by atoms with Crippen LogP contribution < -0.4 is 4.74 Å². The van der Waals surface area contributed by atoms with Gasteiger partial charge in [-0.15, -0.1) is 0 Å². The third-order valence-corrected chi connectivity index (χ3v) is 2.90. The summed E-state index contributed by atoms with van der Waals surface area (Å²) in [5.74, 6) is -0.993. The summed E-state index contributed by atoms with van der Waals surface area (Å²) < 4.78 is 19.2. The van der Waals surface area contributed by atoms with Crippen LogP contribution >= 0.6 is 0 Å². The number of aromatic nitrogens is 1. The first kappa shape index (κ1) is 14.9. The molecular formula is C14H13FN2O4. The number of nitrogens with zero attached hydrogens (tertiary/aromatic N) is 2. The molecule has 21 heavy (non-hydrogen) atoms. The average Bonchev–Trinajstić information content (AvgIpc) is 2.42. The fourth-order valence-electron chi connectivity index (χ4n) is 1.83. The number of aliphatic hydroxyl groups is 1. The summed E-state index contributed by atoms with van der Waals surface area (Å²) in [4.78, 5) is 14.0. The fraction of sp³-hybridized carbons (Fsp3) is 0.214. The third-order valence-electron chi connectivity index (χ3n) is 2.90. The maximum Gasteiger partial charge on any atom is 0.275 e. The zero-order chi connectivity index (χ0) is 15.6. The van der Waals surface area contributed by atoms with E-state index in [-0.39, 0.29) is 22.9 Å². The Morgan fingerprint density at radius 2 is 2.19 bits per heavy atom. The molecule has 0 saturated heterocycles. The molecule has 0 bridgehead atoms. The van der Waals surface area contributed by atoms with E-state index in [4.69, 9.17) is 4.74 Å². The number of ether oxygens (including phenoxy) is 1. The normalized spacial score (nSPS) is 12.0. The summed E-state index contributed by atoms with van der Waals surface area (Å²) in [5.41, 5.74) is 0.343. The molecule has 0 fully saturated rings. The quantitative estimate of drug-likeness (QED) is 0.690. The smallest absolute Gasteiger partial charge is 0.275 e. The number of hydrogen-bond donors (Lipinski definition) is 1. The van der Waals surface area contributed by atoms with Crippen molar-refractivity contribution in [1.82, 2.24) is 4.98 Å². The zero-order valence-corrected chi connectivity index (χ0v) is 11.4. The van der Waals surface area contributed by atoms with E-state index in [1.807, 2.05) is 0 Å². The molecular weight excluding hydrogens is 279 g/mol. The number of nitro benzene ring substituents is 1. The summed E-state index contributed by atoms with van der Waals surface area (Å²) in [6.45, 7) is 3.01. The Bertz CT molecular complexity index is 689. The van der Waals surface area contributed by atoms with E-state index < -0.39 is 16.8 Å². The van der Waals surface area contributed by atoms with Crippen LogP contribution in [0, 0.1) is 22.9 Å². The molecule has 1 heterocycles.